The summed E-state index contributed by atoms with van der Waals surface area (Å²) in [6.45, 7) is 4.03. The number of rotatable bonds is 73. The molecular weight excluding hydrogens is 1150 g/mol. The first-order valence-electron chi connectivity index (χ1n) is 40.0. The molecule has 0 aromatic heterocycles. The quantitative estimate of drug-likeness (QED) is 0.0373. The normalized spacial score (nSPS) is 13.1. The molecule has 0 saturated carbocycles. The molecule has 0 aliphatic rings. The van der Waals surface area contributed by atoms with Crippen molar-refractivity contribution in [3.63, 3.8) is 0 Å². The van der Waals surface area contributed by atoms with Crippen molar-refractivity contribution >= 4 is 11.9 Å². The molecule has 1 N–H and O–H groups in total. The minimum Gasteiger partial charge on any atom is -0.462 e. The van der Waals surface area contributed by atoms with Crippen molar-refractivity contribution in [3.05, 3.63) is 158 Å². The van der Waals surface area contributed by atoms with Gasteiger partial charge in [0.1, 0.15) is 6.61 Å². The SMILES string of the molecule is CC/C=C\C/C=C\C/C=C\C/C=C\C/C=C\C/C=C\C/C=C\C/C=C\C/C=C\C/C=C\C/C=C\C/C=C\CCCCCCC(=O)OC(CO)COC(=O)CCCCCCCCCCCCCCCCCCCCCCCCCCCCC/C=C\CCCCCCCCCC. The molecule has 5 heteroatoms. The zero-order valence-corrected chi connectivity index (χ0v) is 61.7. The van der Waals surface area contributed by atoms with Gasteiger partial charge in [0.25, 0.3) is 0 Å². The molecule has 0 heterocycles. The smallest absolute Gasteiger partial charge is 0.306 e. The number of aliphatic hydroxyl groups excluding tert-OH is 1. The Kier molecular flexibility index (Phi) is 78.8. The lowest BCUT2D eigenvalue weighted by atomic mass is 10.0. The Balaban J connectivity index is 3.53. The van der Waals surface area contributed by atoms with Gasteiger partial charge in [-0.3, -0.25) is 9.59 Å². The highest BCUT2D eigenvalue weighted by molar-refractivity contribution is 5.70. The fourth-order valence-electron chi connectivity index (χ4n) is 11.4. The fourth-order valence-corrected chi connectivity index (χ4v) is 11.4. The molecule has 1 unspecified atom stereocenters. The number of allylic oxidation sites excluding steroid dienone is 26. The van der Waals surface area contributed by atoms with Crippen LogP contribution in [0.1, 0.15) is 373 Å². The Labute approximate surface area is 583 Å². The molecule has 0 aromatic carbocycles. The number of aliphatic hydroxyl groups is 1. The average Bonchev–Trinajstić information content (AvgIpc) is 3.77. The maximum Gasteiger partial charge on any atom is 0.306 e. The first-order chi connectivity index (χ1) is 46.6. The van der Waals surface area contributed by atoms with Crippen LogP contribution in [0.5, 0.6) is 0 Å². The molecule has 0 spiro atoms. The van der Waals surface area contributed by atoms with Gasteiger partial charge in [-0.15, -0.1) is 0 Å². The molecule has 0 bridgehead atoms. The van der Waals surface area contributed by atoms with E-state index in [0.29, 0.717) is 12.8 Å². The molecule has 0 saturated heterocycles. The number of carbonyl (C=O) groups is 2. The van der Waals surface area contributed by atoms with Gasteiger partial charge in [-0.1, -0.05) is 390 Å². The third-order valence-electron chi connectivity index (χ3n) is 17.3. The number of carbonyl (C=O) groups excluding carboxylic acids is 2. The van der Waals surface area contributed by atoms with E-state index in [1.54, 1.807) is 0 Å². The summed E-state index contributed by atoms with van der Waals surface area (Å²) in [5, 5.41) is 9.72. The Morgan fingerprint density at radius 3 is 0.702 bits per heavy atom. The van der Waals surface area contributed by atoms with Gasteiger partial charge in [0.15, 0.2) is 6.10 Å². The van der Waals surface area contributed by atoms with Gasteiger partial charge < -0.3 is 14.6 Å². The second kappa shape index (κ2) is 82.7. The van der Waals surface area contributed by atoms with E-state index in [1.807, 2.05) is 0 Å². The van der Waals surface area contributed by atoms with Crippen LogP contribution in [0.25, 0.3) is 0 Å². The monoisotopic (exact) mass is 1300 g/mol. The average molecular weight is 1300 g/mol. The van der Waals surface area contributed by atoms with Gasteiger partial charge in [0, 0.05) is 12.8 Å². The van der Waals surface area contributed by atoms with Crippen LogP contribution in [-0.2, 0) is 19.1 Å². The number of hydrogen-bond donors (Lipinski definition) is 1. The molecule has 0 amide bonds. The van der Waals surface area contributed by atoms with Crippen molar-refractivity contribution in [1.82, 2.24) is 0 Å². The zero-order valence-electron chi connectivity index (χ0n) is 61.7. The Morgan fingerprint density at radius 2 is 0.457 bits per heavy atom. The van der Waals surface area contributed by atoms with E-state index in [1.165, 1.54) is 218 Å². The van der Waals surface area contributed by atoms with Crippen LogP contribution in [0.15, 0.2) is 158 Å². The van der Waals surface area contributed by atoms with E-state index in [4.69, 9.17) is 9.47 Å². The first kappa shape index (κ1) is 89.5. The molecule has 0 aromatic rings. The highest BCUT2D eigenvalue weighted by atomic mass is 16.6. The number of hydrogen-bond acceptors (Lipinski definition) is 5. The Morgan fingerprint density at radius 1 is 0.255 bits per heavy atom. The highest BCUT2D eigenvalue weighted by Crippen LogP contribution is 2.18. The second-order valence-corrected chi connectivity index (χ2v) is 26.4. The summed E-state index contributed by atoms with van der Waals surface area (Å²) in [5.74, 6) is -0.615. The molecule has 0 radical (unpaired) electrons. The molecule has 5 nitrogen and oxygen atoms in total. The standard InChI is InChI=1S/C89H150O5/c1-3-5-7-9-11-13-15-17-19-21-23-25-27-29-31-33-35-37-39-41-43-44-46-48-50-52-54-56-58-60-62-64-66-68-70-72-74-76-78-80-82-84-89(92)94-87(85-90)86-93-88(91)83-81-79-77-75-73-71-69-67-65-63-61-59-57-55-53-51-49-47-45-42-40-38-36-34-32-30-28-26-24-22-20-18-16-14-12-10-8-6-4-2/h5,7,11,13,17,19,22-25,29,31,35,37,41,43,46,48,52,54,58,60,64,66,70,72,87,90H,3-4,6,8-10,12,14-16,18,20-21,26-28,30,32-34,36,38-40,42,44-45,47,49-51,53,55-57,59,61-63,65,67-69,71,73-86H2,1-2H3/b7-5-,13-11-,19-17-,24-22-,25-23-,31-29-,37-35-,43-41-,48-46-,54-52-,60-58-,66-64-,72-70-. The molecule has 0 fully saturated rings. The topological polar surface area (TPSA) is 72.8 Å². The predicted molar refractivity (Wildman–Crippen MR) is 417 cm³/mol. The summed E-state index contributed by atoms with van der Waals surface area (Å²) in [6, 6.07) is 0. The number of esters is 2. The lowest BCUT2D eigenvalue weighted by molar-refractivity contribution is -0.161. The minimum absolute atomic E-state index is 0.0818. The van der Waals surface area contributed by atoms with E-state index in [-0.39, 0.29) is 25.2 Å². The van der Waals surface area contributed by atoms with Crippen molar-refractivity contribution < 1.29 is 24.2 Å². The van der Waals surface area contributed by atoms with E-state index in [2.05, 4.69) is 172 Å². The van der Waals surface area contributed by atoms with Crippen LogP contribution in [0.3, 0.4) is 0 Å². The Hall–Kier alpha value is -4.48. The number of ether oxygens (including phenoxy) is 2. The third kappa shape index (κ3) is 80.0. The molecule has 536 valence electrons. The van der Waals surface area contributed by atoms with Crippen LogP contribution in [0, 0.1) is 0 Å². The highest BCUT2D eigenvalue weighted by Gasteiger charge is 2.16. The summed E-state index contributed by atoms with van der Waals surface area (Å²) in [7, 11) is 0. The lowest BCUT2D eigenvalue weighted by Gasteiger charge is -2.15. The Bertz CT molecular complexity index is 1960. The predicted octanol–water partition coefficient (Wildman–Crippen LogP) is 28.5. The minimum atomic E-state index is -0.797. The summed E-state index contributed by atoms with van der Waals surface area (Å²) in [5.41, 5.74) is 0. The second-order valence-electron chi connectivity index (χ2n) is 26.4. The van der Waals surface area contributed by atoms with Crippen molar-refractivity contribution in [2.24, 2.45) is 0 Å². The summed E-state index contributed by atoms with van der Waals surface area (Å²) in [4.78, 5) is 24.7. The van der Waals surface area contributed by atoms with Gasteiger partial charge in [-0.05, 0) is 128 Å². The largest absolute Gasteiger partial charge is 0.462 e. The van der Waals surface area contributed by atoms with Crippen LogP contribution in [-0.4, -0.2) is 36.4 Å². The zero-order chi connectivity index (χ0) is 67.5. The summed E-state index contributed by atoms with van der Waals surface area (Å²) < 4.78 is 10.8. The van der Waals surface area contributed by atoms with E-state index >= 15 is 0 Å². The van der Waals surface area contributed by atoms with Crippen molar-refractivity contribution in [2.75, 3.05) is 13.2 Å². The summed E-state index contributed by atoms with van der Waals surface area (Å²) in [6.07, 6.45) is 126. The van der Waals surface area contributed by atoms with E-state index < -0.39 is 6.10 Å². The summed E-state index contributed by atoms with van der Waals surface area (Å²) >= 11 is 0. The maximum atomic E-state index is 12.4. The molecule has 94 heavy (non-hydrogen) atoms. The molecule has 0 aliphatic heterocycles. The molecular formula is C89H150O5. The molecule has 0 rings (SSSR count). The van der Waals surface area contributed by atoms with Gasteiger partial charge in [0.2, 0.25) is 0 Å². The molecule has 0 aliphatic carbocycles. The number of unbranched alkanes of at least 4 members (excludes halogenated alkanes) is 39. The van der Waals surface area contributed by atoms with E-state index in [9.17, 15) is 14.7 Å². The van der Waals surface area contributed by atoms with Crippen LogP contribution < -0.4 is 0 Å². The third-order valence-corrected chi connectivity index (χ3v) is 17.3. The van der Waals surface area contributed by atoms with Crippen molar-refractivity contribution in [2.45, 2.75) is 380 Å². The maximum absolute atomic E-state index is 12.4. The van der Waals surface area contributed by atoms with Gasteiger partial charge in [-0.25, -0.2) is 0 Å². The van der Waals surface area contributed by atoms with Gasteiger partial charge >= 0.3 is 11.9 Å². The van der Waals surface area contributed by atoms with Crippen LogP contribution >= 0.6 is 0 Å². The van der Waals surface area contributed by atoms with Crippen LogP contribution in [0.4, 0.5) is 0 Å². The first-order valence-corrected chi connectivity index (χ1v) is 40.0. The van der Waals surface area contributed by atoms with Gasteiger partial charge in [0.05, 0.1) is 6.61 Å². The van der Waals surface area contributed by atoms with Crippen molar-refractivity contribution in [3.8, 4) is 0 Å². The van der Waals surface area contributed by atoms with Crippen LogP contribution in [0.2, 0.25) is 0 Å². The lowest BCUT2D eigenvalue weighted by Crippen LogP contribution is -2.28. The van der Waals surface area contributed by atoms with E-state index in [0.717, 1.165) is 128 Å². The molecule has 1 atom stereocenters. The van der Waals surface area contributed by atoms with Crippen molar-refractivity contribution in [1.29, 1.82) is 0 Å². The van der Waals surface area contributed by atoms with Gasteiger partial charge in [-0.2, -0.15) is 0 Å². The fraction of sp³-hybridized carbons (Fsp3) is 0.685.